The van der Waals surface area contributed by atoms with E-state index in [9.17, 15) is 9.18 Å². The van der Waals surface area contributed by atoms with Crippen LogP contribution in [0.2, 0.25) is 0 Å². The number of fused-ring (bicyclic) bond motifs is 4. The summed E-state index contributed by atoms with van der Waals surface area (Å²) in [5.41, 5.74) is 3.10. The van der Waals surface area contributed by atoms with E-state index in [1.165, 1.54) is 0 Å². The smallest absolute Gasteiger partial charge is 0.410 e. The summed E-state index contributed by atoms with van der Waals surface area (Å²) < 4.78 is 55.0. The van der Waals surface area contributed by atoms with Crippen molar-refractivity contribution in [3.8, 4) is 22.9 Å². The van der Waals surface area contributed by atoms with Crippen LogP contribution < -0.4 is 19.7 Å². The Morgan fingerprint density at radius 2 is 1.81 bits per heavy atom. The number of hydrogen-bond donors (Lipinski definition) is 1. The van der Waals surface area contributed by atoms with Crippen LogP contribution in [0.4, 0.5) is 19.4 Å². The molecule has 4 aliphatic rings. The van der Waals surface area contributed by atoms with E-state index in [1.807, 2.05) is 43.9 Å². The Labute approximate surface area is 305 Å². The fourth-order valence-electron chi connectivity index (χ4n) is 8.66. The number of piperazine rings is 1. The van der Waals surface area contributed by atoms with Crippen LogP contribution in [0.15, 0.2) is 24.3 Å². The number of nitrogens with one attached hydrogen (secondary N) is 1. The van der Waals surface area contributed by atoms with Gasteiger partial charge < -0.3 is 29.2 Å². The molecule has 1 amide bonds. The maximum absolute atomic E-state index is 17.2. The van der Waals surface area contributed by atoms with Crippen molar-refractivity contribution in [3.05, 3.63) is 41.2 Å². The summed E-state index contributed by atoms with van der Waals surface area (Å²) in [6, 6.07) is 7.64. The molecule has 0 radical (unpaired) electrons. The molecule has 3 aromatic rings. The van der Waals surface area contributed by atoms with Gasteiger partial charge in [-0.3, -0.25) is 4.90 Å². The lowest BCUT2D eigenvalue weighted by Crippen LogP contribution is -2.57. The molecule has 3 saturated heterocycles. The predicted molar refractivity (Wildman–Crippen MR) is 196 cm³/mol. The standard InChI is InChI=1S/C40H53F2N5O5/c1-24-8-6-10-26-17-30(51-23-49-5)18-33(34(24)26)31-13-14-32-36(35(31)42)44-38(50-22-25-9-7-15-43-19-27(41)16-25)45-37(32)46-20-28-11-12-29(21-46)47(28)39(48)52-40(2,3)4/h13-14,17-18,24-25,27-29,43H,6-12,15-16,19-23H2,1-5H3/t24?,25-,27-,28?,29?/m1/s1. The number of hydrogen-bond acceptors (Lipinski definition) is 9. The van der Waals surface area contributed by atoms with Crippen molar-refractivity contribution >= 4 is 22.8 Å². The third-order valence-corrected chi connectivity index (χ3v) is 11.0. The van der Waals surface area contributed by atoms with Crippen LogP contribution in [-0.4, -0.2) is 91.5 Å². The summed E-state index contributed by atoms with van der Waals surface area (Å²) in [7, 11) is 1.58. The number of carbonyl (C=O) groups is 1. The molecular formula is C40H53F2N5O5. The fourth-order valence-corrected chi connectivity index (χ4v) is 8.66. The van der Waals surface area contributed by atoms with Crippen LogP contribution in [0.1, 0.15) is 89.7 Å². The van der Waals surface area contributed by atoms with Crippen molar-refractivity contribution in [2.75, 3.05) is 51.6 Å². The quantitative estimate of drug-likeness (QED) is 0.237. The predicted octanol–water partition coefficient (Wildman–Crippen LogP) is 7.55. The van der Waals surface area contributed by atoms with E-state index < -0.39 is 17.6 Å². The van der Waals surface area contributed by atoms with Gasteiger partial charge in [0.25, 0.3) is 0 Å². The van der Waals surface area contributed by atoms with Gasteiger partial charge in [-0.05, 0) is 125 Å². The molecule has 2 aromatic carbocycles. The van der Waals surface area contributed by atoms with Gasteiger partial charge in [-0.1, -0.05) is 13.0 Å². The highest BCUT2D eigenvalue weighted by molar-refractivity contribution is 5.94. The van der Waals surface area contributed by atoms with Crippen LogP contribution in [-0.2, 0) is 15.9 Å². The first-order valence-electron chi connectivity index (χ1n) is 19.0. The third-order valence-electron chi connectivity index (χ3n) is 11.0. The van der Waals surface area contributed by atoms with Gasteiger partial charge in [0.15, 0.2) is 12.6 Å². The molecule has 3 aliphatic heterocycles. The average molecular weight is 722 g/mol. The second-order valence-corrected chi connectivity index (χ2v) is 16.1. The largest absolute Gasteiger partial charge is 0.468 e. The van der Waals surface area contributed by atoms with Gasteiger partial charge in [0, 0.05) is 37.7 Å². The molecule has 3 unspecified atom stereocenters. The minimum absolute atomic E-state index is 0.00732. The SMILES string of the molecule is COCOc1cc2c(c(-c3ccc4c(N5CC6CCC(C5)N6C(=O)OC(C)(C)C)nc(OC[C@@H]5CCCNC[C@H](F)C5)nc4c3F)c1)C(C)CCC2. The minimum Gasteiger partial charge on any atom is -0.468 e. The fraction of sp³-hybridized carbons (Fsp3) is 0.625. The number of halogens is 2. The van der Waals surface area contributed by atoms with Crippen LogP contribution in [0.25, 0.3) is 22.0 Å². The Kier molecular flexibility index (Phi) is 10.8. The maximum atomic E-state index is 17.2. The number of methoxy groups -OCH3 is 1. The molecule has 5 atom stereocenters. The second kappa shape index (κ2) is 15.3. The molecule has 3 fully saturated rings. The van der Waals surface area contributed by atoms with Crippen molar-refractivity contribution in [1.29, 1.82) is 0 Å². The highest BCUT2D eigenvalue weighted by Crippen LogP contribution is 2.44. The third kappa shape index (κ3) is 7.78. The van der Waals surface area contributed by atoms with Crippen molar-refractivity contribution in [2.45, 2.75) is 109 Å². The van der Waals surface area contributed by atoms with E-state index in [0.29, 0.717) is 48.6 Å². The Hall–Kier alpha value is -3.77. The first kappa shape index (κ1) is 36.6. The summed E-state index contributed by atoms with van der Waals surface area (Å²) in [5, 5.41) is 3.73. The lowest BCUT2D eigenvalue weighted by molar-refractivity contribution is 0.0122. The van der Waals surface area contributed by atoms with Gasteiger partial charge in [0.2, 0.25) is 0 Å². The number of amides is 1. The minimum atomic E-state index is -0.962. The number of ether oxygens (including phenoxy) is 4. The van der Waals surface area contributed by atoms with Gasteiger partial charge in [-0.15, -0.1) is 0 Å². The lowest BCUT2D eigenvalue weighted by Gasteiger charge is -2.42. The Balaban J connectivity index is 1.28. The van der Waals surface area contributed by atoms with Crippen molar-refractivity contribution in [2.24, 2.45) is 5.92 Å². The molecule has 282 valence electrons. The molecule has 1 N–H and O–H groups in total. The van der Waals surface area contributed by atoms with Crippen LogP contribution in [0, 0.1) is 11.7 Å². The van der Waals surface area contributed by atoms with Gasteiger partial charge >= 0.3 is 12.1 Å². The highest BCUT2D eigenvalue weighted by Gasteiger charge is 2.45. The number of aryl methyl sites for hydroxylation is 1. The Morgan fingerprint density at radius 1 is 1.02 bits per heavy atom. The van der Waals surface area contributed by atoms with Gasteiger partial charge in [-0.2, -0.15) is 9.97 Å². The monoisotopic (exact) mass is 721 g/mol. The van der Waals surface area contributed by atoms with E-state index in [2.05, 4.69) is 23.2 Å². The van der Waals surface area contributed by atoms with Gasteiger partial charge in [0.05, 0.1) is 18.7 Å². The first-order chi connectivity index (χ1) is 25.0. The first-order valence-corrected chi connectivity index (χ1v) is 19.0. The normalized spacial score (nSPS) is 25.0. The number of carbonyl (C=O) groups excluding carboxylic acids is 1. The lowest BCUT2D eigenvalue weighted by atomic mass is 9.79. The molecular weight excluding hydrogens is 668 g/mol. The number of rotatable bonds is 8. The molecule has 12 heteroatoms. The zero-order valence-electron chi connectivity index (χ0n) is 31.2. The van der Waals surface area contributed by atoms with Gasteiger partial charge in [0.1, 0.15) is 28.9 Å². The number of anilines is 1. The van der Waals surface area contributed by atoms with E-state index in [-0.39, 0.29) is 54.9 Å². The molecule has 10 nitrogen and oxygen atoms in total. The molecule has 4 heterocycles. The molecule has 1 aromatic heterocycles. The zero-order chi connectivity index (χ0) is 36.6. The Morgan fingerprint density at radius 3 is 2.56 bits per heavy atom. The molecule has 7 rings (SSSR count). The number of alkyl halides is 1. The highest BCUT2D eigenvalue weighted by atomic mass is 19.1. The molecule has 52 heavy (non-hydrogen) atoms. The maximum Gasteiger partial charge on any atom is 0.410 e. The Bertz CT molecular complexity index is 1750. The molecule has 0 saturated carbocycles. The van der Waals surface area contributed by atoms with Crippen LogP contribution >= 0.6 is 0 Å². The molecule has 2 bridgehead atoms. The van der Waals surface area contributed by atoms with E-state index in [0.717, 1.165) is 68.2 Å². The van der Waals surface area contributed by atoms with Crippen LogP contribution in [0.3, 0.4) is 0 Å². The topological polar surface area (TPSA) is 98.3 Å². The van der Waals surface area contributed by atoms with Crippen molar-refractivity contribution in [3.63, 3.8) is 0 Å². The van der Waals surface area contributed by atoms with E-state index in [1.54, 1.807) is 7.11 Å². The summed E-state index contributed by atoms with van der Waals surface area (Å²) in [4.78, 5) is 26.9. The van der Waals surface area contributed by atoms with E-state index in [4.69, 9.17) is 28.9 Å². The van der Waals surface area contributed by atoms with Crippen LogP contribution in [0.5, 0.6) is 11.8 Å². The molecule has 0 spiro atoms. The van der Waals surface area contributed by atoms with E-state index >= 15 is 4.39 Å². The summed E-state index contributed by atoms with van der Waals surface area (Å²) in [6.45, 7) is 10.3. The average Bonchev–Trinajstić information content (AvgIpc) is 3.36. The summed E-state index contributed by atoms with van der Waals surface area (Å²) >= 11 is 0. The van der Waals surface area contributed by atoms with Crippen molar-refractivity contribution < 1.29 is 32.5 Å². The zero-order valence-corrected chi connectivity index (χ0v) is 31.2. The number of benzene rings is 2. The molecule has 1 aliphatic carbocycles. The van der Waals surface area contributed by atoms with Gasteiger partial charge in [-0.25, -0.2) is 13.6 Å². The van der Waals surface area contributed by atoms with Crippen molar-refractivity contribution in [1.82, 2.24) is 20.2 Å². The summed E-state index contributed by atoms with van der Waals surface area (Å²) in [5.74, 6) is 0.998. The second-order valence-electron chi connectivity index (χ2n) is 16.1. The number of aromatic nitrogens is 2. The number of nitrogens with zero attached hydrogens (tertiary/aromatic N) is 4. The summed E-state index contributed by atoms with van der Waals surface area (Å²) in [6.07, 6.45) is 5.51.